The van der Waals surface area contributed by atoms with Gasteiger partial charge < -0.3 is 14.4 Å². The Balaban J connectivity index is 1.54. The molecule has 0 unspecified atom stereocenters. The lowest BCUT2D eigenvalue weighted by Crippen LogP contribution is -2.47. The number of hydrogen-bond acceptors (Lipinski definition) is 7. The maximum atomic E-state index is 11.9. The first-order valence-corrected chi connectivity index (χ1v) is 8.76. The molecule has 3 aromatic heterocycles. The van der Waals surface area contributed by atoms with Crippen molar-refractivity contribution in [3.63, 3.8) is 0 Å². The van der Waals surface area contributed by atoms with Crippen LogP contribution in [0.1, 0.15) is 19.9 Å². The summed E-state index contributed by atoms with van der Waals surface area (Å²) in [5.41, 5.74) is 1.60. The third-order valence-corrected chi connectivity index (χ3v) is 4.68. The number of anilines is 2. The summed E-state index contributed by atoms with van der Waals surface area (Å²) >= 11 is 0. The Kier molecular flexibility index (Phi) is 4.06. The summed E-state index contributed by atoms with van der Waals surface area (Å²) in [5, 5.41) is 4.52. The van der Waals surface area contributed by atoms with Gasteiger partial charge in [-0.1, -0.05) is 0 Å². The minimum Gasteiger partial charge on any atom is -0.352 e. The molecule has 0 saturated carbocycles. The molecule has 0 aromatic carbocycles. The first-order valence-electron chi connectivity index (χ1n) is 8.76. The molecule has 0 N–H and O–H groups in total. The highest BCUT2D eigenvalue weighted by Crippen LogP contribution is 2.23. The number of aromatic nitrogens is 6. The van der Waals surface area contributed by atoms with Gasteiger partial charge in [0, 0.05) is 39.3 Å². The molecule has 4 heterocycles. The molecular formula is C17H22N8O. The van der Waals surface area contributed by atoms with E-state index in [1.54, 1.807) is 24.8 Å². The van der Waals surface area contributed by atoms with Crippen LogP contribution in [0.4, 0.5) is 11.6 Å². The maximum Gasteiger partial charge on any atom is 0.267 e. The predicted octanol–water partition coefficient (Wildman–Crippen LogP) is 0.827. The van der Waals surface area contributed by atoms with Crippen LogP contribution in [0.3, 0.4) is 0 Å². The summed E-state index contributed by atoms with van der Waals surface area (Å²) < 4.78 is 3.43. The normalized spacial score (nSPS) is 15.2. The average molecular weight is 354 g/mol. The lowest BCUT2D eigenvalue weighted by atomic mass is 10.3. The predicted molar refractivity (Wildman–Crippen MR) is 99.6 cm³/mol. The molecule has 1 fully saturated rings. The van der Waals surface area contributed by atoms with E-state index in [1.807, 2.05) is 25.5 Å². The Labute approximate surface area is 150 Å². The fraction of sp³-hybridized carbons (Fsp3) is 0.471. The molecule has 0 amide bonds. The van der Waals surface area contributed by atoms with Crippen molar-refractivity contribution >= 4 is 22.8 Å². The fourth-order valence-electron chi connectivity index (χ4n) is 3.27. The van der Waals surface area contributed by atoms with Crippen molar-refractivity contribution in [3.05, 3.63) is 35.1 Å². The zero-order valence-corrected chi connectivity index (χ0v) is 15.2. The van der Waals surface area contributed by atoms with Gasteiger partial charge in [-0.3, -0.25) is 4.79 Å². The number of piperazine rings is 1. The fourth-order valence-corrected chi connectivity index (χ4v) is 3.27. The molecule has 9 nitrogen and oxygen atoms in total. The minimum absolute atomic E-state index is 0.0437. The summed E-state index contributed by atoms with van der Waals surface area (Å²) in [6.45, 7) is 7.16. The van der Waals surface area contributed by atoms with Gasteiger partial charge in [-0.2, -0.15) is 5.10 Å². The molecule has 0 aliphatic carbocycles. The van der Waals surface area contributed by atoms with Gasteiger partial charge in [-0.15, -0.1) is 0 Å². The van der Waals surface area contributed by atoms with E-state index in [1.165, 1.54) is 4.68 Å². The van der Waals surface area contributed by atoms with Gasteiger partial charge in [0.05, 0.1) is 12.4 Å². The largest absolute Gasteiger partial charge is 0.352 e. The highest BCUT2D eigenvalue weighted by molar-refractivity contribution is 5.83. The number of imidazole rings is 1. The van der Waals surface area contributed by atoms with Crippen LogP contribution in [0, 0.1) is 0 Å². The third-order valence-electron chi connectivity index (χ3n) is 4.68. The highest BCUT2D eigenvalue weighted by atomic mass is 16.1. The van der Waals surface area contributed by atoms with E-state index in [4.69, 9.17) is 0 Å². The number of nitrogens with zero attached hydrogens (tertiary/aromatic N) is 8. The van der Waals surface area contributed by atoms with Gasteiger partial charge in [-0.05, 0) is 19.9 Å². The first-order chi connectivity index (χ1) is 12.5. The van der Waals surface area contributed by atoms with E-state index >= 15 is 0 Å². The van der Waals surface area contributed by atoms with Gasteiger partial charge in [0.25, 0.3) is 5.56 Å². The standard InChI is InChI=1S/C17H22N8O/c1-12(2)25-14(26)5-4-13(21-25)23-6-8-24(9-7-23)17-15-16(18-10-19-17)22(3)11-20-15/h4-5,10-12H,6-9H2,1-3H3. The Morgan fingerprint density at radius 1 is 1.00 bits per heavy atom. The molecule has 1 aliphatic rings. The lowest BCUT2D eigenvalue weighted by Gasteiger charge is -2.36. The van der Waals surface area contributed by atoms with E-state index in [0.29, 0.717) is 0 Å². The monoisotopic (exact) mass is 354 g/mol. The molecule has 1 saturated heterocycles. The second-order valence-electron chi connectivity index (χ2n) is 6.77. The van der Waals surface area contributed by atoms with Crippen molar-refractivity contribution in [1.82, 2.24) is 29.3 Å². The van der Waals surface area contributed by atoms with Gasteiger partial charge in [-0.25, -0.2) is 19.6 Å². The van der Waals surface area contributed by atoms with Gasteiger partial charge in [0.15, 0.2) is 17.0 Å². The SMILES string of the molecule is CC(C)n1nc(N2CCN(c3ncnc4c3ncn4C)CC2)ccc1=O. The van der Waals surface area contributed by atoms with Crippen molar-refractivity contribution < 1.29 is 0 Å². The molecule has 4 rings (SSSR count). The molecule has 0 radical (unpaired) electrons. The molecule has 0 bridgehead atoms. The molecule has 26 heavy (non-hydrogen) atoms. The summed E-state index contributed by atoms with van der Waals surface area (Å²) in [4.78, 5) is 29.5. The van der Waals surface area contributed by atoms with E-state index < -0.39 is 0 Å². The Bertz CT molecular complexity index is 984. The molecule has 1 aliphatic heterocycles. The van der Waals surface area contributed by atoms with Crippen LogP contribution in [0.2, 0.25) is 0 Å². The zero-order valence-electron chi connectivity index (χ0n) is 15.2. The molecule has 9 heteroatoms. The number of hydrogen-bond donors (Lipinski definition) is 0. The quantitative estimate of drug-likeness (QED) is 0.688. The molecule has 3 aromatic rings. The van der Waals surface area contributed by atoms with Crippen LogP contribution >= 0.6 is 0 Å². The van der Waals surface area contributed by atoms with Crippen molar-refractivity contribution in [3.8, 4) is 0 Å². The summed E-state index contributed by atoms with van der Waals surface area (Å²) in [6, 6.07) is 3.44. The topological polar surface area (TPSA) is 85.0 Å². The van der Waals surface area contributed by atoms with Crippen LogP contribution in [-0.4, -0.2) is 55.5 Å². The molecule has 136 valence electrons. The third kappa shape index (κ3) is 2.79. The minimum atomic E-state index is -0.0686. The Morgan fingerprint density at radius 2 is 1.73 bits per heavy atom. The van der Waals surface area contributed by atoms with Gasteiger partial charge >= 0.3 is 0 Å². The van der Waals surface area contributed by atoms with Crippen molar-refractivity contribution in [2.45, 2.75) is 19.9 Å². The lowest BCUT2D eigenvalue weighted by molar-refractivity contribution is 0.497. The second-order valence-corrected chi connectivity index (χ2v) is 6.77. The summed E-state index contributed by atoms with van der Waals surface area (Å²) in [7, 11) is 1.93. The summed E-state index contributed by atoms with van der Waals surface area (Å²) in [5.74, 6) is 1.71. The van der Waals surface area contributed by atoms with E-state index in [2.05, 4.69) is 29.9 Å². The maximum absolute atomic E-state index is 11.9. The average Bonchev–Trinajstić information content (AvgIpc) is 3.03. The molecule has 0 spiro atoms. The molecular weight excluding hydrogens is 332 g/mol. The number of rotatable bonds is 3. The Morgan fingerprint density at radius 3 is 2.46 bits per heavy atom. The van der Waals surface area contributed by atoms with E-state index in [0.717, 1.165) is 49.0 Å². The van der Waals surface area contributed by atoms with Crippen LogP contribution < -0.4 is 15.4 Å². The van der Waals surface area contributed by atoms with Gasteiger partial charge in [0.1, 0.15) is 12.1 Å². The number of fused-ring (bicyclic) bond motifs is 1. The van der Waals surface area contributed by atoms with E-state index in [9.17, 15) is 4.79 Å². The summed E-state index contributed by atoms with van der Waals surface area (Å²) in [6.07, 6.45) is 3.35. The zero-order chi connectivity index (χ0) is 18.3. The number of aryl methyl sites for hydroxylation is 1. The Hall–Kier alpha value is -2.97. The molecule has 0 atom stereocenters. The van der Waals surface area contributed by atoms with Crippen molar-refractivity contribution in [1.29, 1.82) is 0 Å². The highest BCUT2D eigenvalue weighted by Gasteiger charge is 2.22. The second kappa shape index (κ2) is 6.40. The van der Waals surface area contributed by atoms with E-state index in [-0.39, 0.29) is 11.6 Å². The van der Waals surface area contributed by atoms with Crippen molar-refractivity contribution in [2.75, 3.05) is 36.0 Å². The van der Waals surface area contributed by atoms with Crippen LogP contribution in [0.5, 0.6) is 0 Å². The van der Waals surface area contributed by atoms with Crippen LogP contribution in [0.25, 0.3) is 11.2 Å². The van der Waals surface area contributed by atoms with Crippen LogP contribution in [-0.2, 0) is 7.05 Å². The van der Waals surface area contributed by atoms with Crippen LogP contribution in [0.15, 0.2) is 29.6 Å². The van der Waals surface area contributed by atoms with Crippen molar-refractivity contribution in [2.24, 2.45) is 7.05 Å². The smallest absolute Gasteiger partial charge is 0.267 e. The van der Waals surface area contributed by atoms with Gasteiger partial charge in [0.2, 0.25) is 0 Å². The first kappa shape index (κ1) is 16.5.